The molecule has 0 N–H and O–H groups in total. The Morgan fingerprint density at radius 2 is 1.69 bits per heavy atom. The Morgan fingerprint density at radius 1 is 1.08 bits per heavy atom. The molecule has 0 amide bonds. The number of aryl methyl sites for hydroxylation is 1. The summed E-state index contributed by atoms with van der Waals surface area (Å²) in [6.45, 7) is 3.52. The molecule has 0 fully saturated rings. The van der Waals surface area contributed by atoms with E-state index in [1.807, 2.05) is 6.92 Å². The molecular weight excluding hydrogens is 334 g/mol. The Balaban J connectivity index is 2.40. The van der Waals surface area contributed by atoms with Gasteiger partial charge in [0.15, 0.2) is 5.78 Å². The highest BCUT2D eigenvalue weighted by Crippen LogP contribution is 2.28. The molecule has 0 aliphatic heterocycles. The molecule has 0 bridgehead atoms. The number of ether oxygens (including phenoxy) is 1. The predicted octanol–water partition coefficient (Wildman–Crippen LogP) is 3.56. The van der Waals surface area contributed by atoms with Crippen LogP contribution in [0.5, 0.6) is 0 Å². The second-order valence-electron chi connectivity index (χ2n) is 5.99. The lowest BCUT2D eigenvalue weighted by Crippen LogP contribution is -2.38. The Labute approximate surface area is 151 Å². The molecule has 0 spiro atoms. The second kappa shape index (κ2) is 8.89. The number of hydrogen-bond donors (Lipinski definition) is 0. The Bertz CT molecular complexity index is 771. The minimum atomic E-state index is -1.63. The van der Waals surface area contributed by atoms with Crippen molar-refractivity contribution < 1.29 is 19.2 Å². The molecule has 0 aliphatic rings. The Kier molecular flexibility index (Phi) is 6.60. The highest BCUT2D eigenvalue weighted by atomic mass is 16.6. The summed E-state index contributed by atoms with van der Waals surface area (Å²) >= 11 is 0. The van der Waals surface area contributed by atoms with Crippen molar-refractivity contribution in [3.63, 3.8) is 0 Å². The van der Waals surface area contributed by atoms with Gasteiger partial charge in [0.05, 0.1) is 12.5 Å². The maximum atomic E-state index is 12.6. The van der Waals surface area contributed by atoms with E-state index in [0.29, 0.717) is 11.1 Å². The summed E-state index contributed by atoms with van der Waals surface area (Å²) in [6, 6.07) is 13.9. The predicted molar refractivity (Wildman–Crippen MR) is 96.7 cm³/mol. The van der Waals surface area contributed by atoms with Crippen molar-refractivity contribution in [3.05, 3.63) is 81.4 Å². The molecule has 0 saturated carbocycles. The molecular formula is C20H21NO5. The largest absolute Gasteiger partial charge is 0.461 e. The molecule has 0 aliphatic carbocycles. The van der Waals surface area contributed by atoms with Gasteiger partial charge in [0.1, 0.15) is 0 Å². The molecule has 0 radical (unpaired) electrons. The maximum absolute atomic E-state index is 12.6. The highest BCUT2D eigenvalue weighted by molar-refractivity contribution is 5.97. The van der Waals surface area contributed by atoms with Crippen LogP contribution in [-0.4, -0.2) is 29.3 Å². The van der Waals surface area contributed by atoms with E-state index in [1.165, 1.54) is 0 Å². The topological polar surface area (TPSA) is 86.5 Å². The van der Waals surface area contributed by atoms with Gasteiger partial charge in [0, 0.05) is 16.9 Å². The SMILES string of the molecule is CCOC(=O)[C@@H]([C@@H](CC(=O)c1ccccc1)c1ccc(C)cc1)[N+](=O)[O-]. The van der Waals surface area contributed by atoms with Crippen LogP contribution in [0.1, 0.15) is 40.7 Å². The zero-order chi connectivity index (χ0) is 19.1. The summed E-state index contributed by atoms with van der Waals surface area (Å²) in [4.78, 5) is 35.8. The third-order valence-electron chi connectivity index (χ3n) is 4.14. The van der Waals surface area contributed by atoms with Gasteiger partial charge in [-0.15, -0.1) is 0 Å². The lowest BCUT2D eigenvalue weighted by molar-refractivity contribution is -0.514. The molecule has 0 unspecified atom stereocenters. The van der Waals surface area contributed by atoms with Gasteiger partial charge < -0.3 is 4.74 Å². The van der Waals surface area contributed by atoms with Crippen LogP contribution in [0.2, 0.25) is 0 Å². The van der Waals surface area contributed by atoms with Crippen molar-refractivity contribution in [1.82, 2.24) is 0 Å². The number of rotatable bonds is 8. The zero-order valence-corrected chi connectivity index (χ0v) is 14.8. The van der Waals surface area contributed by atoms with E-state index in [4.69, 9.17) is 4.74 Å². The van der Waals surface area contributed by atoms with Crippen molar-refractivity contribution in [3.8, 4) is 0 Å². The van der Waals surface area contributed by atoms with Gasteiger partial charge in [-0.2, -0.15) is 0 Å². The first-order valence-electron chi connectivity index (χ1n) is 8.39. The summed E-state index contributed by atoms with van der Waals surface area (Å²) < 4.78 is 4.89. The summed E-state index contributed by atoms with van der Waals surface area (Å²) in [5.41, 5.74) is 2.00. The molecule has 2 aromatic rings. The minimum Gasteiger partial charge on any atom is -0.461 e. The lowest BCUT2D eigenvalue weighted by Gasteiger charge is -2.20. The lowest BCUT2D eigenvalue weighted by atomic mass is 9.85. The van der Waals surface area contributed by atoms with E-state index in [-0.39, 0.29) is 18.8 Å². The first-order valence-corrected chi connectivity index (χ1v) is 8.39. The molecule has 26 heavy (non-hydrogen) atoms. The van der Waals surface area contributed by atoms with Crippen LogP contribution < -0.4 is 0 Å². The Hall–Kier alpha value is -3.02. The van der Waals surface area contributed by atoms with Gasteiger partial charge in [0.2, 0.25) is 0 Å². The molecule has 0 heterocycles. The van der Waals surface area contributed by atoms with Crippen molar-refractivity contribution in [1.29, 1.82) is 0 Å². The number of nitrogens with zero attached hydrogens (tertiary/aromatic N) is 1. The number of esters is 1. The van der Waals surface area contributed by atoms with Crippen molar-refractivity contribution in [2.75, 3.05) is 6.61 Å². The summed E-state index contributed by atoms with van der Waals surface area (Å²) in [6.07, 6.45) is -0.155. The molecule has 6 heteroatoms. The monoisotopic (exact) mass is 355 g/mol. The average Bonchev–Trinajstić information content (AvgIpc) is 2.62. The number of Topliss-reactive ketones (excluding diaryl/α,β-unsaturated/α-hetero) is 1. The van der Waals surface area contributed by atoms with Gasteiger partial charge in [-0.1, -0.05) is 60.2 Å². The van der Waals surface area contributed by atoms with Crippen molar-refractivity contribution in [2.24, 2.45) is 0 Å². The number of benzene rings is 2. The molecule has 2 atom stereocenters. The van der Waals surface area contributed by atoms with E-state index >= 15 is 0 Å². The van der Waals surface area contributed by atoms with E-state index in [9.17, 15) is 19.7 Å². The molecule has 0 aromatic heterocycles. The second-order valence-corrected chi connectivity index (χ2v) is 5.99. The van der Waals surface area contributed by atoms with E-state index in [1.54, 1.807) is 61.5 Å². The minimum absolute atomic E-state index is 0.0381. The van der Waals surface area contributed by atoms with E-state index in [2.05, 4.69) is 0 Å². The standard InChI is InChI=1S/C20H21NO5/c1-3-26-20(23)19(21(24)25)17(15-11-9-14(2)10-12-15)13-18(22)16-7-5-4-6-8-16/h4-12,17,19H,3,13H2,1-2H3/t17-,19+/m0/s1. The molecule has 136 valence electrons. The summed E-state index contributed by atoms with van der Waals surface area (Å²) in [7, 11) is 0. The summed E-state index contributed by atoms with van der Waals surface area (Å²) in [5, 5.41) is 11.6. The van der Waals surface area contributed by atoms with Crippen LogP contribution in [0, 0.1) is 17.0 Å². The quantitative estimate of drug-likeness (QED) is 0.313. The van der Waals surface area contributed by atoms with Crippen LogP contribution >= 0.6 is 0 Å². The number of nitro groups is 1. The fraction of sp³-hybridized carbons (Fsp3) is 0.300. The van der Waals surface area contributed by atoms with Crippen LogP contribution in [0.4, 0.5) is 0 Å². The molecule has 6 nitrogen and oxygen atoms in total. The number of ketones is 1. The van der Waals surface area contributed by atoms with Gasteiger partial charge >= 0.3 is 12.0 Å². The number of hydrogen-bond acceptors (Lipinski definition) is 5. The maximum Gasteiger partial charge on any atom is 0.382 e. The zero-order valence-electron chi connectivity index (χ0n) is 14.8. The smallest absolute Gasteiger partial charge is 0.382 e. The average molecular weight is 355 g/mol. The number of carbonyl (C=O) groups excluding carboxylic acids is 2. The fourth-order valence-electron chi connectivity index (χ4n) is 2.79. The first kappa shape index (κ1) is 19.3. The first-order chi connectivity index (χ1) is 12.4. The van der Waals surface area contributed by atoms with Crippen LogP contribution in [0.3, 0.4) is 0 Å². The van der Waals surface area contributed by atoms with Gasteiger partial charge in [-0.3, -0.25) is 14.9 Å². The molecule has 2 rings (SSSR count). The van der Waals surface area contributed by atoms with E-state index in [0.717, 1.165) is 5.56 Å². The highest BCUT2D eigenvalue weighted by Gasteiger charge is 2.42. The van der Waals surface area contributed by atoms with Gasteiger partial charge in [-0.25, -0.2) is 4.79 Å². The van der Waals surface area contributed by atoms with Crippen LogP contribution in [0.25, 0.3) is 0 Å². The van der Waals surface area contributed by atoms with Crippen molar-refractivity contribution in [2.45, 2.75) is 32.2 Å². The van der Waals surface area contributed by atoms with Gasteiger partial charge in [0.25, 0.3) is 0 Å². The van der Waals surface area contributed by atoms with Crippen molar-refractivity contribution >= 4 is 11.8 Å². The number of carbonyl (C=O) groups is 2. The van der Waals surface area contributed by atoms with Crippen LogP contribution in [-0.2, 0) is 9.53 Å². The third-order valence-corrected chi connectivity index (χ3v) is 4.14. The summed E-state index contributed by atoms with van der Waals surface area (Å²) in [5.74, 6) is -2.09. The van der Waals surface area contributed by atoms with Crippen LogP contribution in [0.15, 0.2) is 54.6 Å². The molecule has 2 aromatic carbocycles. The van der Waals surface area contributed by atoms with E-state index < -0.39 is 22.9 Å². The molecule has 0 saturated heterocycles. The van der Waals surface area contributed by atoms with Gasteiger partial charge in [-0.05, 0) is 19.4 Å². The fourth-order valence-corrected chi connectivity index (χ4v) is 2.79. The Morgan fingerprint density at radius 3 is 2.23 bits per heavy atom. The third kappa shape index (κ3) is 4.75. The normalized spacial score (nSPS) is 12.8.